The van der Waals surface area contributed by atoms with E-state index in [9.17, 15) is 0 Å². The zero-order valence-corrected chi connectivity index (χ0v) is 14.0. The minimum atomic E-state index is 0.842. The molecule has 116 valence electrons. The second-order valence-electron chi connectivity index (χ2n) is 7.71. The third kappa shape index (κ3) is 3.71. The van der Waals surface area contributed by atoms with Crippen molar-refractivity contribution in [2.75, 3.05) is 0 Å². The normalized spacial score (nSPS) is 33.8. The summed E-state index contributed by atoms with van der Waals surface area (Å²) >= 11 is 0. The Morgan fingerprint density at radius 3 is 1.81 bits per heavy atom. The number of benzene rings is 1. The zero-order valence-electron chi connectivity index (χ0n) is 14.0. The Hall–Kier alpha value is -0.780. The van der Waals surface area contributed by atoms with Gasteiger partial charge in [0.1, 0.15) is 0 Å². The number of hydrogen-bond donors (Lipinski definition) is 0. The van der Waals surface area contributed by atoms with E-state index in [0.29, 0.717) is 0 Å². The third-order valence-corrected chi connectivity index (χ3v) is 6.46. The summed E-state index contributed by atoms with van der Waals surface area (Å²) < 4.78 is 0. The molecule has 0 atom stereocenters. The molecule has 0 heteroatoms. The van der Waals surface area contributed by atoms with E-state index in [2.05, 4.69) is 38.1 Å². The topological polar surface area (TPSA) is 0 Å². The number of rotatable bonds is 3. The van der Waals surface area contributed by atoms with E-state index in [4.69, 9.17) is 0 Å². The van der Waals surface area contributed by atoms with E-state index >= 15 is 0 Å². The van der Waals surface area contributed by atoms with Gasteiger partial charge < -0.3 is 0 Å². The van der Waals surface area contributed by atoms with Crippen molar-refractivity contribution in [3.05, 3.63) is 35.4 Å². The molecule has 3 rings (SSSR count). The Morgan fingerprint density at radius 2 is 1.29 bits per heavy atom. The van der Waals surface area contributed by atoms with Gasteiger partial charge in [-0.05, 0) is 74.7 Å². The van der Waals surface area contributed by atoms with E-state index in [1.807, 2.05) is 0 Å². The molecule has 21 heavy (non-hydrogen) atoms. The van der Waals surface area contributed by atoms with Gasteiger partial charge in [-0.3, -0.25) is 0 Å². The van der Waals surface area contributed by atoms with Gasteiger partial charge in [-0.15, -0.1) is 0 Å². The van der Waals surface area contributed by atoms with Crippen molar-refractivity contribution in [2.24, 2.45) is 17.8 Å². The van der Waals surface area contributed by atoms with Crippen molar-refractivity contribution in [3.8, 4) is 0 Å². The molecule has 2 fully saturated rings. The Labute approximate surface area is 131 Å². The molecule has 1 aromatic carbocycles. The summed E-state index contributed by atoms with van der Waals surface area (Å²) in [7, 11) is 0. The Balaban J connectivity index is 1.50. The lowest BCUT2D eigenvalue weighted by Crippen LogP contribution is -2.25. The number of aryl methyl sites for hydroxylation is 1. The molecule has 2 saturated carbocycles. The van der Waals surface area contributed by atoms with Crippen molar-refractivity contribution >= 4 is 0 Å². The molecule has 0 heterocycles. The average molecular weight is 284 g/mol. The largest absolute Gasteiger partial charge is 0.0651 e. The van der Waals surface area contributed by atoms with Crippen LogP contribution in [0.3, 0.4) is 0 Å². The third-order valence-electron chi connectivity index (χ3n) is 6.46. The van der Waals surface area contributed by atoms with Crippen molar-refractivity contribution in [2.45, 2.75) is 77.6 Å². The molecule has 2 aliphatic carbocycles. The maximum Gasteiger partial charge on any atom is -0.0162 e. The van der Waals surface area contributed by atoms with E-state index in [-0.39, 0.29) is 0 Å². The lowest BCUT2D eigenvalue weighted by atomic mass is 9.68. The van der Waals surface area contributed by atoms with Crippen molar-refractivity contribution in [1.82, 2.24) is 0 Å². The lowest BCUT2D eigenvalue weighted by Gasteiger charge is -2.38. The first kappa shape index (κ1) is 15.1. The van der Waals surface area contributed by atoms with Crippen molar-refractivity contribution in [3.63, 3.8) is 0 Å². The molecule has 0 saturated heterocycles. The summed E-state index contributed by atoms with van der Waals surface area (Å²) in [5.41, 5.74) is 2.98. The summed E-state index contributed by atoms with van der Waals surface area (Å²) in [6.07, 6.45) is 13.3. The summed E-state index contributed by atoms with van der Waals surface area (Å²) in [4.78, 5) is 0. The predicted octanol–water partition coefficient (Wildman–Crippen LogP) is 6.49. The summed E-state index contributed by atoms with van der Waals surface area (Å²) in [6, 6.07) is 9.31. The van der Waals surface area contributed by atoms with E-state index in [0.717, 1.165) is 23.7 Å². The zero-order chi connectivity index (χ0) is 14.7. The molecular weight excluding hydrogens is 252 g/mol. The SMILES string of the molecule is CC[C@H]1CC[C@H](C2CCC(c3ccc(C)cc3)CC2)CC1. The molecule has 1 aromatic rings. The lowest BCUT2D eigenvalue weighted by molar-refractivity contribution is 0.158. The fraction of sp³-hybridized carbons (Fsp3) is 0.714. The predicted molar refractivity (Wildman–Crippen MR) is 91.6 cm³/mol. The fourth-order valence-electron chi connectivity index (χ4n) is 4.83. The fourth-order valence-corrected chi connectivity index (χ4v) is 4.83. The summed E-state index contributed by atoms with van der Waals surface area (Å²) in [6.45, 7) is 4.56. The van der Waals surface area contributed by atoms with Gasteiger partial charge >= 0.3 is 0 Å². The second-order valence-corrected chi connectivity index (χ2v) is 7.71. The van der Waals surface area contributed by atoms with Gasteiger partial charge in [0, 0.05) is 0 Å². The summed E-state index contributed by atoms with van der Waals surface area (Å²) in [5, 5.41) is 0. The smallest absolute Gasteiger partial charge is 0.0162 e. The molecule has 0 radical (unpaired) electrons. The van der Waals surface area contributed by atoms with Gasteiger partial charge in [0.2, 0.25) is 0 Å². The first-order chi connectivity index (χ1) is 10.3. The highest BCUT2D eigenvalue weighted by Gasteiger charge is 2.30. The van der Waals surface area contributed by atoms with Gasteiger partial charge in [-0.1, -0.05) is 56.0 Å². The van der Waals surface area contributed by atoms with Crippen LogP contribution in [0.1, 0.15) is 81.8 Å². The molecular formula is C21H32. The second kappa shape index (κ2) is 6.99. The molecule has 0 aromatic heterocycles. The van der Waals surface area contributed by atoms with E-state index in [1.54, 1.807) is 5.56 Å². The van der Waals surface area contributed by atoms with Gasteiger partial charge in [0.25, 0.3) is 0 Å². The van der Waals surface area contributed by atoms with Gasteiger partial charge in [0.05, 0.1) is 0 Å². The van der Waals surface area contributed by atoms with Gasteiger partial charge in [-0.2, -0.15) is 0 Å². The van der Waals surface area contributed by atoms with Crippen LogP contribution >= 0.6 is 0 Å². The molecule has 0 amide bonds. The van der Waals surface area contributed by atoms with E-state index < -0.39 is 0 Å². The van der Waals surface area contributed by atoms with Gasteiger partial charge in [0.15, 0.2) is 0 Å². The number of hydrogen-bond acceptors (Lipinski definition) is 0. The van der Waals surface area contributed by atoms with Gasteiger partial charge in [-0.25, -0.2) is 0 Å². The maximum atomic E-state index is 2.37. The standard InChI is InChI=1S/C21H32/c1-3-17-6-10-19(11-7-17)21-14-12-20(13-15-21)18-8-4-16(2)5-9-18/h4-5,8-9,17,19-21H,3,6-7,10-15H2,1-2H3/t17-,19-,20?,21?. The minimum Gasteiger partial charge on any atom is -0.0651 e. The first-order valence-electron chi connectivity index (χ1n) is 9.32. The van der Waals surface area contributed by atoms with E-state index in [1.165, 1.54) is 63.4 Å². The Kier molecular flexibility index (Phi) is 5.03. The monoisotopic (exact) mass is 284 g/mol. The summed E-state index contributed by atoms with van der Waals surface area (Å²) in [5.74, 6) is 4.00. The molecule has 0 N–H and O–H groups in total. The van der Waals surface area contributed by atoms with Crippen LogP contribution in [0.4, 0.5) is 0 Å². The Morgan fingerprint density at radius 1 is 0.762 bits per heavy atom. The van der Waals surface area contributed by atoms with Crippen LogP contribution in [0.5, 0.6) is 0 Å². The van der Waals surface area contributed by atoms with Crippen LogP contribution in [0.15, 0.2) is 24.3 Å². The molecule has 0 nitrogen and oxygen atoms in total. The highest BCUT2D eigenvalue weighted by atomic mass is 14.4. The molecule has 0 aliphatic heterocycles. The Bertz CT molecular complexity index is 414. The average Bonchev–Trinajstić information content (AvgIpc) is 2.56. The van der Waals surface area contributed by atoms with Crippen LogP contribution in [0.2, 0.25) is 0 Å². The van der Waals surface area contributed by atoms with Crippen LogP contribution in [-0.2, 0) is 0 Å². The minimum absolute atomic E-state index is 0.842. The van der Waals surface area contributed by atoms with Crippen LogP contribution in [-0.4, -0.2) is 0 Å². The molecule has 0 bridgehead atoms. The molecule has 2 aliphatic rings. The maximum absolute atomic E-state index is 2.37. The van der Waals surface area contributed by atoms with Crippen LogP contribution in [0, 0.1) is 24.7 Å². The van der Waals surface area contributed by atoms with Crippen LogP contribution < -0.4 is 0 Å². The highest BCUT2D eigenvalue weighted by molar-refractivity contribution is 5.24. The quantitative estimate of drug-likeness (QED) is 0.595. The van der Waals surface area contributed by atoms with Crippen molar-refractivity contribution in [1.29, 1.82) is 0 Å². The van der Waals surface area contributed by atoms with Crippen molar-refractivity contribution < 1.29 is 0 Å². The highest BCUT2D eigenvalue weighted by Crippen LogP contribution is 2.44. The first-order valence-corrected chi connectivity index (χ1v) is 9.32. The molecule has 0 unspecified atom stereocenters. The molecule has 0 spiro atoms. The van der Waals surface area contributed by atoms with Crippen LogP contribution in [0.25, 0.3) is 0 Å².